The summed E-state index contributed by atoms with van der Waals surface area (Å²) in [6.07, 6.45) is 2.38. The van der Waals surface area contributed by atoms with Gasteiger partial charge in [-0.15, -0.1) is 0 Å². The fourth-order valence-electron chi connectivity index (χ4n) is 3.85. The number of para-hydroxylation sites is 1. The lowest BCUT2D eigenvalue weighted by Gasteiger charge is -2.41. The van der Waals surface area contributed by atoms with Crippen LogP contribution in [0.3, 0.4) is 0 Å². The van der Waals surface area contributed by atoms with Crippen molar-refractivity contribution < 1.29 is 4.74 Å². The van der Waals surface area contributed by atoms with E-state index in [2.05, 4.69) is 96.8 Å². The van der Waals surface area contributed by atoms with Gasteiger partial charge in [0, 0.05) is 12.2 Å². The third kappa shape index (κ3) is 4.23. The molecule has 1 aliphatic rings. The Morgan fingerprint density at radius 1 is 0.815 bits per heavy atom. The summed E-state index contributed by atoms with van der Waals surface area (Å²) in [6, 6.07) is 30.7. The van der Waals surface area contributed by atoms with Crippen LogP contribution < -0.4 is 4.90 Å². The largest absolute Gasteiger partial charge is 0.374 e. The molecular weight excluding hydrogens is 330 g/mol. The first-order valence-electron chi connectivity index (χ1n) is 9.91. The normalized spacial score (nSPS) is 19.8. The molecule has 0 spiro atoms. The van der Waals surface area contributed by atoms with Crippen molar-refractivity contribution in [1.29, 1.82) is 0 Å². The summed E-state index contributed by atoms with van der Waals surface area (Å²) in [7, 11) is 0. The number of anilines is 1. The van der Waals surface area contributed by atoms with Crippen LogP contribution in [0.15, 0.2) is 84.9 Å². The van der Waals surface area contributed by atoms with Crippen LogP contribution in [0.1, 0.15) is 18.9 Å². The van der Waals surface area contributed by atoms with Gasteiger partial charge in [0.1, 0.15) is 0 Å². The van der Waals surface area contributed by atoms with Gasteiger partial charge in [-0.3, -0.25) is 0 Å². The molecule has 0 aromatic heterocycles. The van der Waals surface area contributed by atoms with Crippen molar-refractivity contribution in [3.8, 4) is 11.1 Å². The van der Waals surface area contributed by atoms with Gasteiger partial charge in [-0.2, -0.15) is 0 Å². The Balaban J connectivity index is 1.51. The molecule has 138 valence electrons. The molecule has 2 heteroatoms. The first-order chi connectivity index (χ1) is 13.3. The van der Waals surface area contributed by atoms with Crippen molar-refractivity contribution in [1.82, 2.24) is 0 Å². The van der Waals surface area contributed by atoms with Gasteiger partial charge in [0.2, 0.25) is 0 Å². The number of hydrogen-bond donors (Lipinski definition) is 0. The second-order valence-corrected chi connectivity index (χ2v) is 7.27. The van der Waals surface area contributed by atoms with E-state index < -0.39 is 0 Å². The third-order valence-corrected chi connectivity index (χ3v) is 5.44. The first kappa shape index (κ1) is 17.8. The number of benzene rings is 3. The van der Waals surface area contributed by atoms with E-state index in [1.54, 1.807) is 0 Å². The molecule has 2 nitrogen and oxygen atoms in total. The molecule has 0 amide bonds. The molecule has 0 N–H and O–H groups in total. The summed E-state index contributed by atoms with van der Waals surface area (Å²) in [5.41, 5.74) is 5.19. The lowest BCUT2D eigenvalue weighted by atomic mass is 9.98. The van der Waals surface area contributed by atoms with Crippen molar-refractivity contribution in [3.05, 3.63) is 90.5 Å². The molecule has 3 aromatic carbocycles. The zero-order chi connectivity index (χ0) is 18.5. The van der Waals surface area contributed by atoms with Gasteiger partial charge in [0.25, 0.3) is 0 Å². The zero-order valence-corrected chi connectivity index (χ0v) is 15.9. The van der Waals surface area contributed by atoms with Gasteiger partial charge in [0.15, 0.2) is 0 Å². The van der Waals surface area contributed by atoms with E-state index in [4.69, 9.17) is 4.74 Å². The van der Waals surface area contributed by atoms with E-state index in [1.807, 2.05) is 0 Å². The molecule has 3 aromatic rings. The van der Waals surface area contributed by atoms with Crippen LogP contribution in [-0.4, -0.2) is 25.3 Å². The Labute approximate surface area is 162 Å². The molecule has 27 heavy (non-hydrogen) atoms. The number of hydrogen-bond acceptors (Lipinski definition) is 2. The second kappa shape index (κ2) is 8.41. The minimum absolute atomic E-state index is 0.321. The Morgan fingerprint density at radius 2 is 1.44 bits per heavy atom. The SMILES string of the molecule is CC[C@H]1CN(c2ccccc2)[C@H](Cc2ccc(-c3ccccc3)cc2)CO1. The quantitative estimate of drug-likeness (QED) is 0.591. The standard InChI is InChI=1S/C25H27NO/c1-2-25-18-26(23-11-7-4-8-12-23)24(19-27-25)17-20-13-15-22(16-14-20)21-9-5-3-6-10-21/h3-16,24-25H,2,17-19H2,1H3/t24-,25+/m1/s1. The highest BCUT2D eigenvalue weighted by Gasteiger charge is 2.28. The molecule has 4 rings (SSSR count). The maximum absolute atomic E-state index is 6.12. The predicted molar refractivity (Wildman–Crippen MR) is 113 cm³/mol. The predicted octanol–water partition coefficient (Wildman–Crippen LogP) is 5.58. The molecule has 0 radical (unpaired) electrons. The molecule has 1 fully saturated rings. The molecule has 0 bridgehead atoms. The second-order valence-electron chi connectivity index (χ2n) is 7.27. The van der Waals surface area contributed by atoms with Crippen molar-refractivity contribution in [3.63, 3.8) is 0 Å². The average molecular weight is 357 g/mol. The summed E-state index contributed by atoms with van der Waals surface area (Å²) >= 11 is 0. The Kier molecular flexibility index (Phi) is 5.55. The first-order valence-corrected chi connectivity index (χ1v) is 9.91. The molecule has 0 aliphatic carbocycles. The molecule has 0 saturated carbocycles. The Morgan fingerprint density at radius 3 is 2.11 bits per heavy atom. The van der Waals surface area contributed by atoms with Gasteiger partial charge in [-0.1, -0.05) is 79.7 Å². The summed E-state index contributed by atoms with van der Waals surface area (Å²) in [5.74, 6) is 0. The van der Waals surface area contributed by atoms with Crippen LogP contribution >= 0.6 is 0 Å². The Bertz CT molecular complexity index is 829. The molecule has 2 atom stereocenters. The summed E-state index contributed by atoms with van der Waals surface area (Å²) in [5, 5.41) is 0. The summed E-state index contributed by atoms with van der Waals surface area (Å²) in [6.45, 7) is 3.96. The number of rotatable bonds is 5. The van der Waals surface area contributed by atoms with Gasteiger partial charge in [0.05, 0.1) is 18.8 Å². The molecule has 1 heterocycles. The maximum Gasteiger partial charge on any atom is 0.0748 e. The smallest absolute Gasteiger partial charge is 0.0748 e. The highest BCUT2D eigenvalue weighted by atomic mass is 16.5. The van der Waals surface area contributed by atoms with Gasteiger partial charge in [-0.05, 0) is 41.7 Å². The summed E-state index contributed by atoms with van der Waals surface area (Å²) in [4.78, 5) is 2.53. The number of nitrogens with zero attached hydrogens (tertiary/aromatic N) is 1. The Hall–Kier alpha value is -2.58. The van der Waals surface area contributed by atoms with Crippen LogP contribution in [0.4, 0.5) is 5.69 Å². The van der Waals surface area contributed by atoms with Crippen molar-refractivity contribution in [2.75, 3.05) is 18.1 Å². The van der Waals surface area contributed by atoms with E-state index in [0.717, 1.165) is 26.0 Å². The highest BCUT2D eigenvalue weighted by molar-refractivity contribution is 5.63. The van der Waals surface area contributed by atoms with Crippen molar-refractivity contribution >= 4 is 5.69 Å². The molecule has 0 unspecified atom stereocenters. The lowest BCUT2D eigenvalue weighted by molar-refractivity contribution is 0.0174. The van der Waals surface area contributed by atoms with E-state index in [-0.39, 0.29) is 0 Å². The van der Waals surface area contributed by atoms with Gasteiger partial charge in [-0.25, -0.2) is 0 Å². The van der Waals surface area contributed by atoms with Crippen LogP contribution in [0, 0.1) is 0 Å². The molecular formula is C25H27NO. The fraction of sp³-hybridized carbons (Fsp3) is 0.280. The van der Waals surface area contributed by atoms with Crippen LogP contribution in [-0.2, 0) is 11.2 Å². The van der Waals surface area contributed by atoms with E-state index in [0.29, 0.717) is 12.1 Å². The summed E-state index contributed by atoms with van der Waals surface area (Å²) < 4.78 is 6.12. The van der Waals surface area contributed by atoms with E-state index in [9.17, 15) is 0 Å². The average Bonchev–Trinajstić information content (AvgIpc) is 2.76. The minimum Gasteiger partial charge on any atom is -0.374 e. The van der Waals surface area contributed by atoms with Crippen LogP contribution in [0.25, 0.3) is 11.1 Å². The third-order valence-electron chi connectivity index (χ3n) is 5.44. The molecule has 1 saturated heterocycles. The minimum atomic E-state index is 0.321. The monoisotopic (exact) mass is 357 g/mol. The van der Waals surface area contributed by atoms with Crippen molar-refractivity contribution in [2.24, 2.45) is 0 Å². The van der Waals surface area contributed by atoms with Crippen LogP contribution in [0.5, 0.6) is 0 Å². The number of ether oxygens (including phenoxy) is 1. The fourth-order valence-corrected chi connectivity index (χ4v) is 3.85. The topological polar surface area (TPSA) is 12.5 Å². The van der Waals surface area contributed by atoms with E-state index in [1.165, 1.54) is 22.4 Å². The van der Waals surface area contributed by atoms with E-state index >= 15 is 0 Å². The lowest BCUT2D eigenvalue weighted by Crippen LogP contribution is -2.50. The molecule has 1 aliphatic heterocycles. The zero-order valence-electron chi connectivity index (χ0n) is 15.9. The van der Waals surface area contributed by atoms with Crippen molar-refractivity contribution in [2.45, 2.75) is 31.9 Å². The van der Waals surface area contributed by atoms with Crippen LogP contribution in [0.2, 0.25) is 0 Å². The van der Waals surface area contributed by atoms with Gasteiger partial charge >= 0.3 is 0 Å². The maximum atomic E-state index is 6.12. The number of morpholine rings is 1. The van der Waals surface area contributed by atoms with Gasteiger partial charge < -0.3 is 9.64 Å². The highest BCUT2D eigenvalue weighted by Crippen LogP contribution is 2.26.